The van der Waals surface area contributed by atoms with Crippen molar-refractivity contribution in [2.45, 2.75) is 26.3 Å². The van der Waals surface area contributed by atoms with Crippen LogP contribution in [0.5, 0.6) is 0 Å². The highest BCUT2D eigenvalue weighted by molar-refractivity contribution is 9.10. The maximum atomic E-state index is 13.4. The standard InChI is InChI=1S/C13H18BrFN2O/c1-8(2)13(3,7-16)17-12(18)9-4-5-10(14)11(15)6-9/h4-6,8H,7,16H2,1-3H3,(H,17,18). The number of rotatable bonds is 4. The molecule has 0 heterocycles. The Kier molecular flexibility index (Phi) is 4.87. The molecule has 0 aromatic heterocycles. The van der Waals surface area contributed by atoms with Crippen molar-refractivity contribution < 1.29 is 9.18 Å². The first-order valence-electron chi connectivity index (χ1n) is 5.78. The summed E-state index contributed by atoms with van der Waals surface area (Å²) >= 11 is 3.05. The Bertz CT molecular complexity index is 451. The minimum atomic E-state index is -0.499. The molecule has 0 aliphatic heterocycles. The molecule has 0 fully saturated rings. The molecule has 1 aromatic carbocycles. The Labute approximate surface area is 115 Å². The van der Waals surface area contributed by atoms with E-state index < -0.39 is 11.4 Å². The van der Waals surface area contributed by atoms with Crippen molar-refractivity contribution >= 4 is 21.8 Å². The maximum absolute atomic E-state index is 13.4. The molecule has 3 nitrogen and oxygen atoms in total. The van der Waals surface area contributed by atoms with Crippen LogP contribution in [0.2, 0.25) is 0 Å². The molecule has 3 N–H and O–H groups in total. The number of hydrogen-bond donors (Lipinski definition) is 2. The third-order valence-electron chi connectivity index (χ3n) is 3.28. The van der Waals surface area contributed by atoms with Gasteiger partial charge in [0.05, 0.1) is 10.0 Å². The Morgan fingerprint density at radius 2 is 2.17 bits per heavy atom. The lowest BCUT2D eigenvalue weighted by Gasteiger charge is -2.33. The molecule has 0 saturated heterocycles. The largest absolute Gasteiger partial charge is 0.345 e. The third-order valence-corrected chi connectivity index (χ3v) is 3.92. The van der Waals surface area contributed by atoms with E-state index >= 15 is 0 Å². The first-order chi connectivity index (χ1) is 8.30. The van der Waals surface area contributed by atoms with Crippen molar-refractivity contribution in [1.82, 2.24) is 5.32 Å². The molecule has 0 bridgehead atoms. The number of carbonyl (C=O) groups is 1. The van der Waals surface area contributed by atoms with Crippen molar-refractivity contribution in [1.29, 1.82) is 0 Å². The second-order valence-corrected chi connectivity index (χ2v) is 5.71. The van der Waals surface area contributed by atoms with Crippen LogP contribution in [0.25, 0.3) is 0 Å². The molecule has 1 rings (SSSR count). The van der Waals surface area contributed by atoms with Crippen LogP contribution >= 0.6 is 15.9 Å². The molecular formula is C13H18BrFN2O. The van der Waals surface area contributed by atoms with Gasteiger partial charge in [0.1, 0.15) is 5.82 Å². The second-order valence-electron chi connectivity index (χ2n) is 4.86. The van der Waals surface area contributed by atoms with Gasteiger partial charge in [-0.1, -0.05) is 13.8 Å². The van der Waals surface area contributed by atoms with Crippen molar-refractivity contribution in [3.63, 3.8) is 0 Å². The molecule has 1 unspecified atom stereocenters. The minimum absolute atomic E-state index is 0.187. The van der Waals surface area contributed by atoms with Gasteiger partial charge in [-0.2, -0.15) is 0 Å². The lowest BCUT2D eigenvalue weighted by molar-refractivity contribution is 0.0882. The number of amides is 1. The Morgan fingerprint density at radius 1 is 1.56 bits per heavy atom. The summed E-state index contributed by atoms with van der Waals surface area (Å²) in [5.74, 6) is -0.587. The molecule has 1 aromatic rings. The average molecular weight is 317 g/mol. The summed E-state index contributed by atoms with van der Waals surface area (Å²) in [7, 11) is 0. The van der Waals surface area contributed by atoms with Crippen LogP contribution in [0.4, 0.5) is 4.39 Å². The molecule has 1 amide bonds. The van der Waals surface area contributed by atoms with E-state index in [1.807, 2.05) is 20.8 Å². The number of benzene rings is 1. The highest BCUT2D eigenvalue weighted by atomic mass is 79.9. The average Bonchev–Trinajstić information content (AvgIpc) is 2.32. The summed E-state index contributed by atoms with van der Waals surface area (Å²) in [5.41, 5.74) is 5.48. The second kappa shape index (κ2) is 5.80. The number of nitrogens with two attached hydrogens (primary N) is 1. The van der Waals surface area contributed by atoms with Gasteiger partial charge in [0, 0.05) is 12.1 Å². The molecule has 0 saturated carbocycles. The fourth-order valence-corrected chi connectivity index (χ4v) is 1.65. The first-order valence-corrected chi connectivity index (χ1v) is 6.57. The highest BCUT2D eigenvalue weighted by Crippen LogP contribution is 2.19. The van der Waals surface area contributed by atoms with Gasteiger partial charge in [0.25, 0.3) is 5.91 Å². The molecule has 100 valence electrons. The van der Waals surface area contributed by atoms with Crippen molar-refractivity contribution in [3.05, 3.63) is 34.1 Å². The molecule has 0 radical (unpaired) electrons. The normalized spacial score (nSPS) is 14.4. The summed E-state index contributed by atoms with van der Waals surface area (Å²) in [5, 5.41) is 2.86. The summed E-state index contributed by atoms with van der Waals surface area (Å²) in [6.07, 6.45) is 0. The Hall–Kier alpha value is -0.940. The van der Waals surface area contributed by atoms with Gasteiger partial charge in [0.15, 0.2) is 0 Å². The highest BCUT2D eigenvalue weighted by Gasteiger charge is 2.29. The zero-order valence-electron chi connectivity index (χ0n) is 10.8. The molecule has 0 aliphatic carbocycles. The van der Waals surface area contributed by atoms with Gasteiger partial charge < -0.3 is 11.1 Å². The predicted octanol–water partition coefficient (Wildman–Crippen LogP) is 2.69. The Morgan fingerprint density at radius 3 is 2.61 bits per heavy atom. The van der Waals surface area contributed by atoms with E-state index in [4.69, 9.17) is 5.73 Å². The van der Waals surface area contributed by atoms with Crippen LogP contribution in [0.1, 0.15) is 31.1 Å². The Balaban J connectivity index is 2.91. The monoisotopic (exact) mass is 316 g/mol. The van der Waals surface area contributed by atoms with Crippen LogP contribution in [0.15, 0.2) is 22.7 Å². The first kappa shape index (κ1) is 15.1. The van der Waals surface area contributed by atoms with Gasteiger partial charge in [0.2, 0.25) is 0 Å². The zero-order valence-corrected chi connectivity index (χ0v) is 12.3. The quantitative estimate of drug-likeness (QED) is 0.897. The van der Waals surface area contributed by atoms with Crippen LogP contribution in [-0.2, 0) is 0 Å². The van der Waals surface area contributed by atoms with Crippen molar-refractivity contribution in [2.75, 3.05) is 6.54 Å². The molecule has 0 spiro atoms. The SMILES string of the molecule is CC(C)C(C)(CN)NC(=O)c1ccc(Br)c(F)c1. The number of hydrogen-bond acceptors (Lipinski definition) is 2. The number of halogens is 2. The minimum Gasteiger partial charge on any atom is -0.345 e. The van der Waals surface area contributed by atoms with E-state index in [0.717, 1.165) is 0 Å². The van der Waals surface area contributed by atoms with Crippen LogP contribution < -0.4 is 11.1 Å². The van der Waals surface area contributed by atoms with Gasteiger partial charge in [-0.05, 0) is 47.0 Å². The lowest BCUT2D eigenvalue weighted by Crippen LogP contribution is -2.55. The molecule has 1 atom stereocenters. The van der Waals surface area contributed by atoms with E-state index in [1.165, 1.54) is 12.1 Å². The number of carbonyl (C=O) groups excluding carboxylic acids is 1. The molecular weight excluding hydrogens is 299 g/mol. The van der Waals surface area contributed by atoms with Gasteiger partial charge in [-0.15, -0.1) is 0 Å². The van der Waals surface area contributed by atoms with Crippen LogP contribution in [0, 0.1) is 11.7 Å². The maximum Gasteiger partial charge on any atom is 0.251 e. The fraction of sp³-hybridized carbons (Fsp3) is 0.462. The molecule has 0 aliphatic rings. The predicted molar refractivity (Wildman–Crippen MR) is 73.9 cm³/mol. The summed E-state index contributed by atoms with van der Waals surface area (Å²) in [4.78, 5) is 12.0. The van der Waals surface area contributed by atoms with E-state index in [0.29, 0.717) is 11.0 Å². The zero-order chi connectivity index (χ0) is 13.9. The van der Waals surface area contributed by atoms with E-state index in [-0.39, 0.29) is 17.4 Å². The van der Waals surface area contributed by atoms with Crippen molar-refractivity contribution in [3.8, 4) is 0 Å². The van der Waals surface area contributed by atoms with E-state index in [1.54, 1.807) is 6.07 Å². The van der Waals surface area contributed by atoms with Crippen molar-refractivity contribution in [2.24, 2.45) is 11.7 Å². The van der Waals surface area contributed by atoms with E-state index in [9.17, 15) is 9.18 Å². The summed E-state index contributed by atoms with van der Waals surface area (Å²) < 4.78 is 13.7. The lowest BCUT2D eigenvalue weighted by atomic mass is 9.88. The summed E-state index contributed by atoms with van der Waals surface area (Å²) in [6.45, 7) is 6.17. The molecule has 18 heavy (non-hydrogen) atoms. The fourth-order valence-electron chi connectivity index (χ4n) is 1.40. The topological polar surface area (TPSA) is 55.1 Å². The van der Waals surface area contributed by atoms with Crippen LogP contribution in [0.3, 0.4) is 0 Å². The van der Waals surface area contributed by atoms with Gasteiger partial charge in [-0.3, -0.25) is 4.79 Å². The van der Waals surface area contributed by atoms with E-state index in [2.05, 4.69) is 21.2 Å². The van der Waals surface area contributed by atoms with Crippen LogP contribution in [-0.4, -0.2) is 18.0 Å². The van der Waals surface area contributed by atoms with Gasteiger partial charge in [-0.25, -0.2) is 4.39 Å². The third kappa shape index (κ3) is 3.29. The van der Waals surface area contributed by atoms with Gasteiger partial charge >= 0.3 is 0 Å². The molecule has 5 heteroatoms. The smallest absolute Gasteiger partial charge is 0.251 e. The summed E-state index contributed by atoms with van der Waals surface area (Å²) in [6, 6.07) is 4.29. The number of nitrogens with one attached hydrogen (secondary N) is 1.